The molecule has 0 saturated carbocycles. The number of nitrogens with zero attached hydrogens (tertiary/aromatic N) is 1. The van der Waals surface area contributed by atoms with Crippen LogP contribution in [0.2, 0.25) is 0 Å². The van der Waals surface area contributed by atoms with Gasteiger partial charge in [-0.2, -0.15) is 0 Å². The van der Waals surface area contributed by atoms with E-state index in [0.29, 0.717) is 13.0 Å². The maximum absolute atomic E-state index is 12.2. The van der Waals surface area contributed by atoms with Crippen LogP contribution in [-0.2, 0) is 15.9 Å². The number of hydrogen-bond donors (Lipinski definition) is 1. The number of aliphatic hydroxyl groups excluding tert-OH is 1. The Morgan fingerprint density at radius 2 is 1.91 bits per heavy atom. The van der Waals surface area contributed by atoms with Crippen LogP contribution in [0.4, 0.5) is 4.79 Å². The SMILES string of the molecule is CN(C(=O)OC(C)(C)C)[C@@H](COCCO)Cc1ccccc1. The number of carbonyl (C=O) groups excluding carboxylic acids is 1. The first-order valence-electron chi connectivity index (χ1n) is 7.52. The Morgan fingerprint density at radius 1 is 1.27 bits per heavy atom. The summed E-state index contributed by atoms with van der Waals surface area (Å²) in [6, 6.07) is 9.77. The second kappa shape index (κ2) is 8.76. The van der Waals surface area contributed by atoms with E-state index in [1.54, 1.807) is 11.9 Å². The van der Waals surface area contributed by atoms with Crippen molar-refractivity contribution in [3.63, 3.8) is 0 Å². The number of ether oxygens (including phenoxy) is 2. The molecule has 0 aromatic heterocycles. The molecular formula is C17H27NO4. The first-order valence-corrected chi connectivity index (χ1v) is 7.52. The van der Waals surface area contributed by atoms with Crippen molar-refractivity contribution in [1.82, 2.24) is 4.90 Å². The molecule has 0 heterocycles. The smallest absolute Gasteiger partial charge is 0.410 e. The van der Waals surface area contributed by atoms with E-state index in [1.807, 2.05) is 51.1 Å². The van der Waals surface area contributed by atoms with Gasteiger partial charge in [0.25, 0.3) is 0 Å². The van der Waals surface area contributed by atoms with Crippen molar-refractivity contribution in [2.45, 2.75) is 38.8 Å². The lowest BCUT2D eigenvalue weighted by molar-refractivity contribution is 0.00485. The maximum atomic E-state index is 12.2. The van der Waals surface area contributed by atoms with E-state index in [2.05, 4.69) is 0 Å². The second-order valence-electron chi connectivity index (χ2n) is 6.23. The Morgan fingerprint density at radius 3 is 2.45 bits per heavy atom. The Hall–Kier alpha value is -1.59. The Labute approximate surface area is 132 Å². The normalized spacial score (nSPS) is 12.8. The summed E-state index contributed by atoms with van der Waals surface area (Å²) >= 11 is 0. The van der Waals surface area contributed by atoms with Crippen LogP contribution in [0.5, 0.6) is 0 Å². The molecule has 1 aromatic rings. The van der Waals surface area contributed by atoms with E-state index in [1.165, 1.54) is 0 Å². The molecule has 1 aromatic carbocycles. The van der Waals surface area contributed by atoms with Gasteiger partial charge in [-0.05, 0) is 32.8 Å². The van der Waals surface area contributed by atoms with Crippen molar-refractivity contribution in [2.75, 3.05) is 26.9 Å². The van der Waals surface area contributed by atoms with Crippen LogP contribution in [0, 0.1) is 0 Å². The van der Waals surface area contributed by atoms with E-state index < -0.39 is 5.60 Å². The zero-order valence-corrected chi connectivity index (χ0v) is 13.9. The Bertz CT molecular complexity index is 442. The van der Waals surface area contributed by atoms with E-state index in [9.17, 15) is 4.79 Å². The lowest BCUT2D eigenvalue weighted by Gasteiger charge is -2.30. The molecule has 1 N–H and O–H groups in total. The number of carbonyl (C=O) groups is 1. The van der Waals surface area contributed by atoms with Crippen LogP contribution < -0.4 is 0 Å². The summed E-state index contributed by atoms with van der Waals surface area (Å²) in [6.07, 6.45) is 0.295. The summed E-state index contributed by atoms with van der Waals surface area (Å²) in [7, 11) is 1.71. The molecule has 1 amide bonds. The fourth-order valence-corrected chi connectivity index (χ4v) is 1.96. The molecule has 1 rings (SSSR count). The van der Waals surface area contributed by atoms with Crippen LogP contribution in [-0.4, -0.2) is 54.6 Å². The number of hydrogen-bond acceptors (Lipinski definition) is 4. The minimum absolute atomic E-state index is 0.0335. The molecule has 0 aliphatic rings. The van der Waals surface area contributed by atoms with Gasteiger partial charge in [0.2, 0.25) is 0 Å². The van der Waals surface area contributed by atoms with Crippen LogP contribution in [0.15, 0.2) is 30.3 Å². The minimum Gasteiger partial charge on any atom is -0.444 e. The number of benzene rings is 1. The van der Waals surface area contributed by atoms with Gasteiger partial charge in [0.1, 0.15) is 5.60 Å². The van der Waals surface area contributed by atoms with E-state index >= 15 is 0 Å². The zero-order valence-electron chi connectivity index (χ0n) is 13.9. The van der Waals surface area contributed by atoms with Crippen molar-refractivity contribution >= 4 is 6.09 Å². The lowest BCUT2D eigenvalue weighted by Crippen LogP contribution is -2.44. The fourth-order valence-electron chi connectivity index (χ4n) is 1.96. The van der Waals surface area contributed by atoms with E-state index in [4.69, 9.17) is 14.6 Å². The molecule has 124 valence electrons. The summed E-state index contributed by atoms with van der Waals surface area (Å²) in [5.41, 5.74) is 0.588. The highest BCUT2D eigenvalue weighted by Crippen LogP contribution is 2.14. The third-order valence-electron chi connectivity index (χ3n) is 3.09. The fraction of sp³-hybridized carbons (Fsp3) is 0.588. The largest absolute Gasteiger partial charge is 0.444 e. The molecule has 0 bridgehead atoms. The van der Waals surface area contributed by atoms with Gasteiger partial charge in [-0.3, -0.25) is 0 Å². The lowest BCUT2D eigenvalue weighted by atomic mass is 10.1. The van der Waals surface area contributed by atoms with Gasteiger partial charge >= 0.3 is 6.09 Å². The number of aliphatic hydroxyl groups is 1. The molecule has 22 heavy (non-hydrogen) atoms. The minimum atomic E-state index is -0.533. The molecule has 5 nitrogen and oxygen atoms in total. The first-order chi connectivity index (χ1) is 10.3. The Kier molecular flexibility index (Phi) is 7.35. The molecular weight excluding hydrogens is 282 g/mol. The van der Waals surface area contributed by atoms with Gasteiger partial charge in [0.05, 0.1) is 25.9 Å². The monoisotopic (exact) mass is 309 g/mol. The molecule has 0 fully saturated rings. The van der Waals surface area contributed by atoms with Gasteiger partial charge in [0, 0.05) is 7.05 Å². The molecule has 0 saturated heterocycles. The highest BCUT2D eigenvalue weighted by molar-refractivity contribution is 5.68. The predicted octanol–water partition coefficient (Wildman–Crippen LogP) is 2.47. The maximum Gasteiger partial charge on any atom is 0.410 e. The first kappa shape index (κ1) is 18.5. The van der Waals surface area contributed by atoms with Crippen molar-refractivity contribution in [2.24, 2.45) is 0 Å². The number of amides is 1. The number of rotatable bonds is 7. The van der Waals surface area contributed by atoms with Crippen LogP contribution in [0.25, 0.3) is 0 Å². The van der Waals surface area contributed by atoms with Crippen LogP contribution in [0.1, 0.15) is 26.3 Å². The summed E-state index contributed by atoms with van der Waals surface area (Å²) in [4.78, 5) is 13.8. The summed E-state index contributed by atoms with van der Waals surface area (Å²) in [5, 5.41) is 8.84. The van der Waals surface area contributed by atoms with Crippen molar-refractivity contribution in [3.05, 3.63) is 35.9 Å². The predicted molar refractivity (Wildman–Crippen MR) is 85.8 cm³/mol. The molecule has 0 aliphatic carbocycles. The van der Waals surface area contributed by atoms with Gasteiger partial charge in [0.15, 0.2) is 0 Å². The highest BCUT2D eigenvalue weighted by Gasteiger charge is 2.25. The molecule has 0 spiro atoms. The number of likely N-dealkylation sites (N-methyl/N-ethyl adjacent to an activating group) is 1. The summed E-state index contributed by atoms with van der Waals surface area (Å²) < 4.78 is 10.8. The van der Waals surface area contributed by atoms with Gasteiger partial charge in [-0.1, -0.05) is 30.3 Å². The average Bonchev–Trinajstić information content (AvgIpc) is 2.45. The molecule has 0 radical (unpaired) electrons. The highest BCUT2D eigenvalue weighted by atomic mass is 16.6. The van der Waals surface area contributed by atoms with Crippen molar-refractivity contribution in [1.29, 1.82) is 0 Å². The standard InChI is InChI=1S/C17H27NO4/c1-17(2,3)22-16(20)18(4)15(13-21-11-10-19)12-14-8-6-5-7-9-14/h5-9,15,19H,10-13H2,1-4H3/t15-/m1/s1. The van der Waals surface area contributed by atoms with Crippen molar-refractivity contribution < 1.29 is 19.4 Å². The van der Waals surface area contributed by atoms with E-state index in [0.717, 1.165) is 5.56 Å². The average molecular weight is 309 g/mol. The quantitative estimate of drug-likeness (QED) is 0.786. The van der Waals surface area contributed by atoms with E-state index in [-0.39, 0.29) is 25.3 Å². The topological polar surface area (TPSA) is 59.0 Å². The van der Waals surface area contributed by atoms with Gasteiger partial charge < -0.3 is 19.5 Å². The molecule has 5 heteroatoms. The molecule has 1 atom stereocenters. The third-order valence-corrected chi connectivity index (χ3v) is 3.09. The third kappa shape index (κ3) is 6.91. The summed E-state index contributed by atoms with van der Waals surface area (Å²) in [5.74, 6) is 0. The Balaban J connectivity index is 2.73. The van der Waals surface area contributed by atoms with Crippen molar-refractivity contribution in [3.8, 4) is 0 Å². The van der Waals surface area contributed by atoms with Crippen LogP contribution in [0.3, 0.4) is 0 Å². The molecule has 0 aliphatic heterocycles. The molecule has 0 unspecified atom stereocenters. The van der Waals surface area contributed by atoms with Gasteiger partial charge in [-0.25, -0.2) is 4.79 Å². The summed E-state index contributed by atoms with van der Waals surface area (Å²) in [6.45, 7) is 6.10. The second-order valence-corrected chi connectivity index (χ2v) is 6.23. The zero-order chi connectivity index (χ0) is 16.6. The van der Waals surface area contributed by atoms with Gasteiger partial charge in [-0.15, -0.1) is 0 Å². The van der Waals surface area contributed by atoms with Crippen LogP contribution >= 0.6 is 0 Å².